The second-order valence-corrected chi connectivity index (χ2v) is 9.21. The van der Waals surface area contributed by atoms with Crippen molar-refractivity contribution in [1.29, 1.82) is 0 Å². The molecule has 1 aliphatic rings. The molecular weight excluding hydrogens is 437 g/mol. The minimum atomic E-state index is -0.274. The zero-order valence-electron chi connectivity index (χ0n) is 19.4. The van der Waals surface area contributed by atoms with Crippen LogP contribution in [-0.2, 0) is 5.54 Å². The number of hydrogen-bond donors (Lipinski definition) is 0. The molecule has 172 valence electrons. The van der Waals surface area contributed by atoms with Crippen LogP contribution in [0.2, 0.25) is 0 Å². The number of rotatable bonds is 5. The molecule has 6 rings (SSSR count). The highest BCUT2D eigenvalue weighted by Crippen LogP contribution is 2.50. The van der Waals surface area contributed by atoms with Gasteiger partial charge in [-0.25, -0.2) is 4.39 Å². The van der Waals surface area contributed by atoms with Gasteiger partial charge in [0.1, 0.15) is 17.2 Å². The van der Waals surface area contributed by atoms with E-state index in [1.54, 1.807) is 12.1 Å². The monoisotopic (exact) mass is 461 g/mol. The second kappa shape index (κ2) is 8.24. The molecule has 0 N–H and O–H groups in total. The number of benzene rings is 4. The molecule has 4 aromatic carbocycles. The Kier molecular flexibility index (Phi) is 5.03. The molecule has 35 heavy (non-hydrogen) atoms. The maximum atomic E-state index is 13.5. The third-order valence-corrected chi connectivity index (χ3v) is 7.07. The van der Waals surface area contributed by atoms with E-state index in [4.69, 9.17) is 4.42 Å². The molecule has 0 spiro atoms. The number of hydrogen-bond acceptors (Lipinski definition) is 2. The number of halogens is 1. The Hall–Kier alpha value is -4.18. The molecule has 0 aliphatic heterocycles. The summed E-state index contributed by atoms with van der Waals surface area (Å²) in [5, 5.41) is 0.955. The van der Waals surface area contributed by atoms with Gasteiger partial charge in [0.05, 0.1) is 5.54 Å². The number of carbonyl (C=O) groups is 1. The Morgan fingerprint density at radius 2 is 1.51 bits per heavy atom. The van der Waals surface area contributed by atoms with E-state index in [0.29, 0.717) is 11.3 Å². The molecule has 4 heteroatoms. The quantitative estimate of drug-likeness (QED) is 0.269. The Morgan fingerprint density at radius 1 is 0.800 bits per heavy atom. The number of nitrogens with zero attached hydrogens (tertiary/aromatic N) is 1. The van der Waals surface area contributed by atoms with Crippen LogP contribution in [0.15, 0.2) is 108 Å². The first-order valence-corrected chi connectivity index (χ1v) is 11.8. The van der Waals surface area contributed by atoms with Gasteiger partial charge in [-0.3, -0.25) is 4.79 Å². The van der Waals surface area contributed by atoms with Gasteiger partial charge in [0.25, 0.3) is 5.91 Å². The van der Waals surface area contributed by atoms with Gasteiger partial charge >= 0.3 is 0 Å². The maximum Gasteiger partial charge on any atom is 0.254 e. The first-order chi connectivity index (χ1) is 17.0. The van der Waals surface area contributed by atoms with E-state index in [-0.39, 0.29) is 17.3 Å². The Labute approximate surface area is 203 Å². The highest BCUT2D eigenvalue weighted by atomic mass is 19.1. The number of fused-ring (bicyclic) bond motifs is 1. The van der Waals surface area contributed by atoms with Crippen molar-refractivity contribution in [2.75, 3.05) is 7.05 Å². The second-order valence-electron chi connectivity index (χ2n) is 9.21. The van der Waals surface area contributed by atoms with Crippen LogP contribution in [0, 0.1) is 5.82 Å². The van der Waals surface area contributed by atoms with Crippen LogP contribution in [0.5, 0.6) is 0 Å². The number of carbonyl (C=O) groups excluding carboxylic acids is 1. The molecule has 1 heterocycles. The lowest BCUT2D eigenvalue weighted by Crippen LogP contribution is -2.37. The summed E-state index contributed by atoms with van der Waals surface area (Å²) >= 11 is 0. The van der Waals surface area contributed by atoms with Crippen molar-refractivity contribution < 1.29 is 13.6 Å². The smallest absolute Gasteiger partial charge is 0.254 e. The van der Waals surface area contributed by atoms with Gasteiger partial charge in [-0.15, -0.1) is 0 Å². The molecule has 1 saturated carbocycles. The largest absolute Gasteiger partial charge is 0.456 e. The molecular formula is C31H24FNO2. The first kappa shape index (κ1) is 21.4. The first-order valence-electron chi connectivity index (χ1n) is 11.8. The van der Waals surface area contributed by atoms with Gasteiger partial charge in [-0.2, -0.15) is 0 Å². The lowest BCUT2D eigenvalue weighted by molar-refractivity contribution is 0.0705. The van der Waals surface area contributed by atoms with E-state index in [2.05, 4.69) is 18.2 Å². The lowest BCUT2D eigenvalue weighted by Gasteiger charge is -2.29. The third-order valence-electron chi connectivity index (χ3n) is 7.07. The molecule has 0 radical (unpaired) electrons. The molecule has 0 atom stereocenters. The molecule has 0 unspecified atom stereocenters. The standard InChI is InChI=1S/C31H24FNO2/c1-33(31(16-17-31)26-8-3-2-4-9-26)30(34)24-7-5-6-22(18-24)23-12-15-28-25(19-23)20-29(35-28)21-10-13-27(32)14-11-21/h2-15,18-20H,16-17H2,1H3. The van der Waals surface area contributed by atoms with Crippen LogP contribution in [0.1, 0.15) is 28.8 Å². The zero-order valence-corrected chi connectivity index (χ0v) is 19.4. The number of amides is 1. The number of furan rings is 1. The summed E-state index contributed by atoms with van der Waals surface area (Å²) in [7, 11) is 1.91. The summed E-state index contributed by atoms with van der Waals surface area (Å²) in [5.41, 5.74) is 5.22. The fourth-order valence-corrected chi connectivity index (χ4v) is 4.88. The van der Waals surface area contributed by atoms with Crippen LogP contribution < -0.4 is 0 Å². The van der Waals surface area contributed by atoms with Crippen LogP contribution in [0.4, 0.5) is 4.39 Å². The Balaban J connectivity index is 1.30. The predicted octanol–water partition coefficient (Wildman–Crippen LogP) is 7.67. The Morgan fingerprint density at radius 3 is 2.26 bits per heavy atom. The van der Waals surface area contributed by atoms with Gasteiger partial charge < -0.3 is 9.32 Å². The van der Waals surface area contributed by atoms with E-state index in [1.807, 2.05) is 72.6 Å². The van der Waals surface area contributed by atoms with Crippen LogP contribution in [-0.4, -0.2) is 17.9 Å². The van der Waals surface area contributed by atoms with Crippen molar-refractivity contribution in [2.24, 2.45) is 0 Å². The van der Waals surface area contributed by atoms with E-state index in [0.717, 1.165) is 40.5 Å². The van der Waals surface area contributed by atoms with Crippen molar-refractivity contribution in [3.63, 3.8) is 0 Å². The van der Waals surface area contributed by atoms with Crippen molar-refractivity contribution in [3.8, 4) is 22.5 Å². The van der Waals surface area contributed by atoms with Gasteiger partial charge in [-0.05, 0) is 84.1 Å². The van der Waals surface area contributed by atoms with Crippen molar-refractivity contribution in [3.05, 3.63) is 120 Å². The fourth-order valence-electron chi connectivity index (χ4n) is 4.88. The van der Waals surface area contributed by atoms with Gasteiger partial charge in [0.15, 0.2) is 0 Å². The topological polar surface area (TPSA) is 33.5 Å². The van der Waals surface area contributed by atoms with E-state index >= 15 is 0 Å². The molecule has 5 aromatic rings. The van der Waals surface area contributed by atoms with Crippen LogP contribution in [0.3, 0.4) is 0 Å². The van der Waals surface area contributed by atoms with Crippen LogP contribution in [0.25, 0.3) is 33.4 Å². The molecule has 0 saturated heterocycles. The van der Waals surface area contributed by atoms with Crippen LogP contribution >= 0.6 is 0 Å². The van der Waals surface area contributed by atoms with E-state index in [1.165, 1.54) is 17.7 Å². The Bertz CT molecular complexity index is 1530. The highest BCUT2D eigenvalue weighted by Gasteiger charge is 2.49. The van der Waals surface area contributed by atoms with Crippen molar-refractivity contribution in [2.45, 2.75) is 18.4 Å². The maximum absolute atomic E-state index is 13.5. The fraction of sp³-hybridized carbons (Fsp3) is 0.129. The normalized spacial score (nSPS) is 14.1. The summed E-state index contributed by atoms with van der Waals surface area (Å²) in [6.45, 7) is 0. The lowest BCUT2D eigenvalue weighted by atomic mass is 9.99. The average Bonchev–Trinajstić information content (AvgIpc) is 3.61. The van der Waals surface area contributed by atoms with Crippen molar-refractivity contribution in [1.82, 2.24) is 4.90 Å². The third kappa shape index (κ3) is 3.81. The van der Waals surface area contributed by atoms with Gasteiger partial charge in [0.2, 0.25) is 0 Å². The zero-order chi connectivity index (χ0) is 24.0. The molecule has 1 fully saturated rings. The summed E-state index contributed by atoms with van der Waals surface area (Å²) in [6, 6.07) is 32.3. The van der Waals surface area contributed by atoms with E-state index in [9.17, 15) is 9.18 Å². The van der Waals surface area contributed by atoms with Gasteiger partial charge in [0, 0.05) is 23.6 Å². The minimum Gasteiger partial charge on any atom is -0.456 e. The summed E-state index contributed by atoms with van der Waals surface area (Å²) in [4.78, 5) is 15.4. The van der Waals surface area contributed by atoms with E-state index < -0.39 is 0 Å². The minimum absolute atomic E-state index is 0.0242. The highest BCUT2D eigenvalue weighted by molar-refractivity contribution is 5.96. The summed E-state index contributed by atoms with van der Waals surface area (Å²) in [5.74, 6) is 0.443. The molecule has 1 aromatic heterocycles. The average molecular weight is 462 g/mol. The van der Waals surface area contributed by atoms with Gasteiger partial charge in [-0.1, -0.05) is 48.5 Å². The molecule has 1 aliphatic carbocycles. The summed E-state index contributed by atoms with van der Waals surface area (Å²) in [6.07, 6.45) is 1.96. The summed E-state index contributed by atoms with van der Waals surface area (Å²) < 4.78 is 19.3. The SMILES string of the molecule is CN(C(=O)c1cccc(-c2ccc3oc(-c4ccc(F)cc4)cc3c2)c1)C1(c2ccccc2)CC1. The molecule has 1 amide bonds. The molecule has 3 nitrogen and oxygen atoms in total. The predicted molar refractivity (Wildman–Crippen MR) is 136 cm³/mol. The van der Waals surface area contributed by atoms with Crippen molar-refractivity contribution >= 4 is 16.9 Å². The molecule has 0 bridgehead atoms.